The first-order valence-corrected chi connectivity index (χ1v) is 29.2. The summed E-state index contributed by atoms with van der Waals surface area (Å²) in [6.07, 6.45) is 65.2. The van der Waals surface area contributed by atoms with Crippen LogP contribution in [-0.4, -0.2) is 37.9 Å². The van der Waals surface area contributed by atoms with Gasteiger partial charge in [-0.25, -0.2) is 0 Å². The van der Waals surface area contributed by atoms with Crippen molar-refractivity contribution in [3.05, 3.63) is 12.2 Å². The smallest absolute Gasteiger partial charge is 0.306 e. The molecule has 0 rings (SSSR count). The minimum Gasteiger partial charge on any atom is -0.462 e. The fourth-order valence-electron chi connectivity index (χ4n) is 8.92. The van der Waals surface area contributed by atoms with E-state index in [9.17, 15) is 9.59 Å². The van der Waals surface area contributed by atoms with E-state index in [4.69, 9.17) is 14.2 Å². The maximum Gasteiger partial charge on any atom is 0.306 e. The molecule has 1 unspecified atom stereocenters. The van der Waals surface area contributed by atoms with E-state index in [1.807, 2.05) is 0 Å². The van der Waals surface area contributed by atoms with E-state index in [0.29, 0.717) is 26.1 Å². The highest BCUT2D eigenvalue weighted by atomic mass is 16.6. The molecule has 0 saturated heterocycles. The van der Waals surface area contributed by atoms with Gasteiger partial charge in [-0.15, -0.1) is 0 Å². The van der Waals surface area contributed by atoms with Crippen LogP contribution in [0.3, 0.4) is 0 Å². The Morgan fingerprint density at radius 2 is 0.609 bits per heavy atom. The third kappa shape index (κ3) is 53.3. The highest BCUT2D eigenvalue weighted by Crippen LogP contribution is 2.17. The molecule has 0 aliphatic rings. The molecule has 64 heavy (non-hydrogen) atoms. The van der Waals surface area contributed by atoms with Crippen LogP contribution >= 0.6 is 0 Å². The molecule has 380 valence electrons. The number of rotatable bonds is 55. The number of carbonyl (C=O) groups is 2. The lowest BCUT2D eigenvalue weighted by Gasteiger charge is -2.18. The van der Waals surface area contributed by atoms with E-state index in [1.165, 1.54) is 250 Å². The van der Waals surface area contributed by atoms with Crippen molar-refractivity contribution in [2.75, 3.05) is 19.8 Å². The molecule has 0 bridgehead atoms. The van der Waals surface area contributed by atoms with Crippen LogP contribution < -0.4 is 0 Å². The Morgan fingerprint density at radius 3 is 0.953 bits per heavy atom. The molecule has 0 aromatic carbocycles. The average Bonchev–Trinajstić information content (AvgIpc) is 3.30. The van der Waals surface area contributed by atoms with Crippen LogP contribution in [0.15, 0.2) is 12.2 Å². The quantitative estimate of drug-likeness (QED) is 0.0346. The molecule has 0 fully saturated rings. The van der Waals surface area contributed by atoms with E-state index in [0.717, 1.165) is 44.9 Å². The van der Waals surface area contributed by atoms with Crippen molar-refractivity contribution in [1.29, 1.82) is 0 Å². The second-order valence-corrected chi connectivity index (χ2v) is 19.9. The van der Waals surface area contributed by atoms with Crippen LogP contribution in [-0.2, 0) is 23.8 Å². The standard InChI is InChI=1S/C59H114O5/c1-4-7-10-13-16-19-22-25-28-30-32-34-37-40-43-46-49-52-58(60)63-56-57(55-62-54-51-48-45-42-39-36-33-29-26-23-20-17-14-11-8-5-2)64-59(61)53-50-47-44-41-38-35-31-27-24-21-18-15-12-9-6-3/h27,31,57H,4-26,28-30,32-56H2,1-3H3/b31-27-. The normalized spacial score (nSPS) is 12.1. The highest BCUT2D eigenvalue weighted by molar-refractivity contribution is 5.70. The second-order valence-electron chi connectivity index (χ2n) is 19.9. The molecular formula is C59H114O5. The summed E-state index contributed by atoms with van der Waals surface area (Å²) in [5.41, 5.74) is 0. The van der Waals surface area contributed by atoms with Crippen LogP contribution in [0.1, 0.15) is 329 Å². The zero-order chi connectivity index (χ0) is 46.3. The van der Waals surface area contributed by atoms with E-state index in [1.54, 1.807) is 0 Å². The molecule has 0 aliphatic heterocycles. The Hall–Kier alpha value is -1.36. The van der Waals surface area contributed by atoms with Gasteiger partial charge in [-0.2, -0.15) is 0 Å². The van der Waals surface area contributed by atoms with Gasteiger partial charge >= 0.3 is 11.9 Å². The molecule has 0 aromatic heterocycles. The fraction of sp³-hybridized carbons (Fsp3) is 0.932. The monoisotopic (exact) mass is 903 g/mol. The van der Waals surface area contributed by atoms with Crippen molar-refractivity contribution >= 4 is 11.9 Å². The highest BCUT2D eigenvalue weighted by Gasteiger charge is 2.17. The summed E-state index contributed by atoms with van der Waals surface area (Å²) in [5.74, 6) is -0.380. The third-order valence-electron chi connectivity index (χ3n) is 13.3. The molecule has 0 saturated carbocycles. The number of carbonyl (C=O) groups excluding carboxylic acids is 2. The van der Waals surface area contributed by atoms with E-state index < -0.39 is 6.10 Å². The molecular weight excluding hydrogens is 789 g/mol. The van der Waals surface area contributed by atoms with Crippen LogP contribution in [0, 0.1) is 0 Å². The molecule has 5 nitrogen and oxygen atoms in total. The molecule has 0 aliphatic carbocycles. The van der Waals surface area contributed by atoms with Gasteiger partial charge in [0.15, 0.2) is 6.10 Å². The molecule has 0 spiro atoms. The van der Waals surface area contributed by atoms with Crippen molar-refractivity contribution in [3.63, 3.8) is 0 Å². The Balaban J connectivity index is 4.21. The molecule has 1 atom stereocenters. The van der Waals surface area contributed by atoms with Gasteiger partial charge in [0.05, 0.1) is 6.61 Å². The summed E-state index contributed by atoms with van der Waals surface area (Å²) >= 11 is 0. The molecule has 0 amide bonds. The maximum atomic E-state index is 12.8. The Kier molecular flexibility index (Phi) is 54.8. The summed E-state index contributed by atoms with van der Waals surface area (Å²) < 4.78 is 17.5. The number of hydrogen-bond donors (Lipinski definition) is 0. The largest absolute Gasteiger partial charge is 0.462 e. The first kappa shape index (κ1) is 62.6. The minimum absolute atomic E-state index is 0.0921. The molecule has 5 heteroatoms. The van der Waals surface area contributed by atoms with Gasteiger partial charge in [0.2, 0.25) is 0 Å². The zero-order valence-electron chi connectivity index (χ0n) is 43.8. The molecule has 0 radical (unpaired) electrons. The van der Waals surface area contributed by atoms with Crippen LogP contribution in [0.5, 0.6) is 0 Å². The fourth-order valence-corrected chi connectivity index (χ4v) is 8.92. The van der Waals surface area contributed by atoms with Crippen molar-refractivity contribution < 1.29 is 23.8 Å². The summed E-state index contributed by atoms with van der Waals surface area (Å²) in [6, 6.07) is 0. The van der Waals surface area contributed by atoms with Crippen molar-refractivity contribution in [2.45, 2.75) is 335 Å². The van der Waals surface area contributed by atoms with Crippen LogP contribution in [0.4, 0.5) is 0 Å². The van der Waals surface area contributed by atoms with Gasteiger partial charge < -0.3 is 14.2 Å². The number of hydrogen-bond acceptors (Lipinski definition) is 5. The number of esters is 2. The molecule has 0 heterocycles. The van der Waals surface area contributed by atoms with E-state index >= 15 is 0 Å². The van der Waals surface area contributed by atoms with E-state index in [2.05, 4.69) is 32.9 Å². The Bertz CT molecular complexity index is 932. The first-order valence-electron chi connectivity index (χ1n) is 29.2. The van der Waals surface area contributed by atoms with Gasteiger partial charge in [-0.3, -0.25) is 9.59 Å². The SMILES string of the molecule is CCCCCCCC/C=C\CCCCCCCC(=O)OC(COCCCCCCCCCCCCCCCCCC)COC(=O)CCCCCCCCCCCCCCCCCCC. The number of unbranched alkanes of at least 4 members (excludes halogenated alkanes) is 42. The summed E-state index contributed by atoms with van der Waals surface area (Å²) in [5, 5.41) is 0. The number of ether oxygens (including phenoxy) is 3. The molecule has 0 N–H and O–H groups in total. The summed E-state index contributed by atoms with van der Waals surface area (Å²) in [4.78, 5) is 25.5. The van der Waals surface area contributed by atoms with Crippen molar-refractivity contribution in [3.8, 4) is 0 Å². The first-order chi connectivity index (χ1) is 31.6. The predicted octanol–water partition coefficient (Wildman–Crippen LogP) is 19.8. The average molecular weight is 904 g/mol. The zero-order valence-corrected chi connectivity index (χ0v) is 43.8. The van der Waals surface area contributed by atoms with Crippen LogP contribution in [0.25, 0.3) is 0 Å². The molecule has 0 aromatic rings. The minimum atomic E-state index is -0.531. The van der Waals surface area contributed by atoms with Crippen molar-refractivity contribution in [2.24, 2.45) is 0 Å². The van der Waals surface area contributed by atoms with Gasteiger partial charge in [-0.1, -0.05) is 283 Å². The summed E-state index contributed by atoms with van der Waals surface area (Å²) in [6.45, 7) is 7.90. The number of allylic oxidation sites excluding steroid dienone is 2. The van der Waals surface area contributed by atoms with Crippen LogP contribution in [0.2, 0.25) is 0 Å². The van der Waals surface area contributed by atoms with E-state index in [-0.39, 0.29) is 18.5 Å². The lowest BCUT2D eigenvalue weighted by molar-refractivity contribution is -0.163. The maximum absolute atomic E-state index is 12.8. The lowest BCUT2D eigenvalue weighted by Crippen LogP contribution is -2.30. The van der Waals surface area contributed by atoms with Gasteiger partial charge in [-0.05, 0) is 44.9 Å². The second kappa shape index (κ2) is 56.0. The Labute approximate surface area is 401 Å². The topological polar surface area (TPSA) is 61.8 Å². The summed E-state index contributed by atoms with van der Waals surface area (Å²) in [7, 11) is 0. The lowest BCUT2D eigenvalue weighted by atomic mass is 10.0. The van der Waals surface area contributed by atoms with Gasteiger partial charge in [0.1, 0.15) is 6.61 Å². The van der Waals surface area contributed by atoms with Gasteiger partial charge in [0, 0.05) is 19.4 Å². The van der Waals surface area contributed by atoms with Crippen molar-refractivity contribution in [1.82, 2.24) is 0 Å². The third-order valence-corrected chi connectivity index (χ3v) is 13.3. The van der Waals surface area contributed by atoms with Gasteiger partial charge in [0.25, 0.3) is 0 Å². The predicted molar refractivity (Wildman–Crippen MR) is 279 cm³/mol. The Morgan fingerprint density at radius 1 is 0.328 bits per heavy atom.